The summed E-state index contributed by atoms with van der Waals surface area (Å²) in [7, 11) is -0.355. The fourth-order valence-corrected chi connectivity index (χ4v) is 3.05. The fraction of sp³-hybridized carbons (Fsp3) is 0.333. The first-order valence-electron chi connectivity index (χ1n) is 8.71. The predicted molar refractivity (Wildman–Crippen MR) is 102 cm³/mol. The molecule has 1 fully saturated rings. The summed E-state index contributed by atoms with van der Waals surface area (Å²) in [5, 5.41) is 1.06. The summed E-state index contributed by atoms with van der Waals surface area (Å²) in [6.45, 7) is 10.4. The van der Waals surface area contributed by atoms with Crippen molar-refractivity contribution in [1.29, 1.82) is 0 Å². The van der Waals surface area contributed by atoms with Gasteiger partial charge in [0, 0.05) is 10.9 Å². The van der Waals surface area contributed by atoms with Gasteiger partial charge in [0.25, 0.3) is 0 Å². The Morgan fingerprint density at radius 3 is 2.08 bits per heavy atom. The lowest BCUT2D eigenvalue weighted by Crippen LogP contribution is -2.41. The molecule has 0 spiro atoms. The van der Waals surface area contributed by atoms with Crippen molar-refractivity contribution in [2.45, 2.75) is 45.8 Å². The van der Waals surface area contributed by atoms with Crippen molar-refractivity contribution in [3.8, 4) is 11.3 Å². The van der Waals surface area contributed by atoms with Gasteiger partial charge < -0.3 is 13.7 Å². The third-order valence-corrected chi connectivity index (χ3v) is 5.40. The Bertz CT molecular complexity index is 906. The Kier molecular flexibility index (Phi) is 3.60. The number of rotatable bonds is 2. The minimum absolute atomic E-state index is 0.337. The molecule has 4 rings (SSSR count). The number of hydrogen-bond donors (Lipinski definition) is 0. The van der Waals surface area contributed by atoms with Crippen molar-refractivity contribution >= 4 is 23.6 Å². The maximum Gasteiger partial charge on any atom is 0.494 e. The van der Waals surface area contributed by atoms with E-state index in [4.69, 9.17) is 13.7 Å². The first-order valence-corrected chi connectivity index (χ1v) is 8.71. The number of aryl methyl sites for hydroxylation is 1. The molecule has 0 aliphatic carbocycles. The van der Waals surface area contributed by atoms with E-state index in [-0.39, 0.29) is 18.3 Å². The van der Waals surface area contributed by atoms with Crippen LogP contribution in [-0.4, -0.2) is 18.3 Å². The molecule has 0 amide bonds. The van der Waals surface area contributed by atoms with Gasteiger partial charge in [0.2, 0.25) is 0 Å². The van der Waals surface area contributed by atoms with Crippen LogP contribution >= 0.6 is 0 Å². The normalized spacial score (nSPS) is 18.8. The van der Waals surface area contributed by atoms with E-state index in [1.165, 1.54) is 5.56 Å². The van der Waals surface area contributed by atoms with Crippen LogP contribution in [0.5, 0.6) is 0 Å². The molecule has 2 aromatic carbocycles. The van der Waals surface area contributed by atoms with E-state index in [1.807, 2.05) is 12.1 Å². The molecule has 1 aliphatic heterocycles. The van der Waals surface area contributed by atoms with Crippen molar-refractivity contribution in [3.63, 3.8) is 0 Å². The van der Waals surface area contributed by atoms with Gasteiger partial charge in [-0.05, 0) is 52.2 Å². The standard InChI is InChI=1S/C21H23BO3/c1-14-6-8-15(9-7-14)19-13-16-12-17(10-11-18(16)23-19)22-24-20(2,3)21(4,5)25-22/h6-13H,1-5H3. The van der Waals surface area contributed by atoms with Gasteiger partial charge in [-0.1, -0.05) is 42.0 Å². The zero-order valence-electron chi connectivity index (χ0n) is 15.4. The largest absolute Gasteiger partial charge is 0.494 e. The van der Waals surface area contributed by atoms with Crippen molar-refractivity contribution in [2.75, 3.05) is 0 Å². The van der Waals surface area contributed by atoms with E-state index in [2.05, 4.69) is 71.0 Å². The zero-order valence-corrected chi connectivity index (χ0v) is 15.4. The molecule has 2 heterocycles. The molecule has 0 bridgehead atoms. The molecular formula is C21H23BO3. The van der Waals surface area contributed by atoms with E-state index in [0.717, 1.165) is 27.8 Å². The minimum Gasteiger partial charge on any atom is -0.456 e. The Balaban J connectivity index is 1.68. The van der Waals surface area contributed by atoms with Gasteiger partial charge in [0.05, 0.1) is 11.2 Å². The van der Waals surface area contributed by atoms with E-state index < -0.39 is 0 Å². The highest BCUT2D eigenvalue weighted by atomic mass is 16.7. The molecule has 0 N–H and O–H groups in total. The SMILES string of the molecule is Cc1ccc(-c2cc3cc(B4OC(C)(C)C(C)(C)O4)ccc3o2)cc1. The maximum atomic E-state index is 6.15. The van der Waals surface area contributed by atoms with Gasteiger partial charge in [-0.3, -0.25) is 0 Å². The van der Waals surface area contributed by atoms with Crippen LogP contribution in [0.3, 0.4) is 0 Å². The van der Waals surface area contributed by atoms with Gasteiger partial charge in [0.15, 0.2) is 0 Å². The molecule has 3 nitrogen and oxygen atoms in total. The van der Waals surface area contributed by atoms with Crippen molar-refractivity contribution in [2.24, 2.45) is 0 Å². The predicted octanol–water partition coefficient (Wildman–Crippen LogP) is 4.71. The lowest BCUT2D eigenvalue weighted by Gasteiger charge is -2.32. The monoisotopic (exact) mass is 334 g/mol. The number of hydrogen-bond acceptors (Lipinski definition) is 3. The Morgan fingerprint density at radius 1 is 0.800 bits per heavy atom. The Hall–Kier alpha value is -2.04. The smallest absolute Gasteiger partial charge is 0.456 e. The van der Waals surface area contributed by atoms with E-state index in [0.29, 0.717) is 0 Å². The van der Waals surface area contributed by atoms with Gasteiger partial charge in [-0.2, -0.15) is 0 Å². The molecule has 4 heteroatoms. The Labute approximate surface area is 149 Å². The second kappa shape index (κ2) is 5.48. The summed E-state index contributed by atoms with van der Waals surface area (Å²) < 4.78 is 18.3. The molecule has 0 atom stereocenters. The summed E-state index contributed by atoms with van der Waals surface area (Å²) in [6, 6.07) is 16.6. The topological polar surface area (TPSA) is 31.6 Å². The average Bonchev–Trinajstić information content (AvgIpc) is 3.05. The van der Waals surface area contributed by atoms with Gasteiger partial charge in [-0.15, -0.1) is 0 Å². The van der Waals surface area contributed by atoms with Gasteiger partial charge in [-0.25, -0.2) is 0 Å². The Morgan fingerprint density at radius 2 is 1.44 bits per heavy atom. The zero-order chi connectivity index (χ0) is 17.8. The molecule has 0 unspecified atom stereocenters. The van der Waals surface area contributed by atoms with Crippen LogP contribution < -0.4 is 5.46 Å². The summed E-state index contributed by atoms with van der Waals surface area (Å²) in [5.41, 5.74) is 3.53. The first kappa shape index (κ1) is 16.4. The quantitative estimate of drug-likeness (QED) is 0.636. The van der Waals surface area contributed by atoms with Gasteiger partial charge >= 0.3 is 7.12 Å². The van der Waals surface area contributed by atoms with Crippen LogP contribution in [-0.2, 0) is 9.31 Å². The second-order valence-corrected chi connectivity index (χ2v) is 7.86. The minimum atomic E-state index is -0.355. The lowest BCUT2D eigenvalue weighted by atomic mass is 9.79. The van der Waals surface area contributed by atoms with Gasteiger partial charge in [0.1, 0.15) is 11.3 Å². The molecule has 0 radical (unpaired) electrons. The molecule has 128 valence electrons. The fourth-order valence-electron chi connectivity index (χ4n) is 3.05. The molecule has 3 aromatic rings. The highest BCUT2D eigenvalue weighted by Crippen LogP contribution is 2.37. The highest BCUT2D eigenvalue weighted by molar-refractivity contribution is 6.62. The number of furan rings is 1. The molecule has 0 saturated carbocycles. The van der Waals surface area contributed by atoms with Crippen LogP contribution in [0.1, 0.15) is 33.3 Å². The lowest BCUT2D eigenvalue weighted by molar-refractivity contribution is 0.00578. The van der Waals surface area contributed by atoms with Crippen LogP contribution in [0.4, 0.5) is 0 Å². The second-order valence-electron chi connectivity index (χ2n) is 7.86. The number of benzene rings is 2. The molecular weight excluding hydrogens is 311 g/mol. The van der Waals surface area contributed by atoms with E-state index in [9.17, 15) is 0 Å². The first-order chi connectivity index (χ1) is 11.7. The third-order valence-electron chi connectivity index (χ3n) is 5.40. The summed E-state index contributed by atoms with van der Waals surface area (Å²) in [6.07, 6.45) is 0. The van der Waals surface area contributed by atoms with E-state index in [1.54, 1.807) is 0 Å². The van der Waals surface area contributed by atoms with E-state index >= 15 is 0 Å². The molecule has 25 heavy (non-hydrogen) atoms. The maximum absolute atomic E-state index is 6.15. The molecule has 1 aliphatic rings. The van der Waals surface area contributed by atoms with Crippen LogP contribution in [0.2, 0.25) is 0 Å². The summed E-state index contributed by atoms with van der Waals surface area (Å²) in [5.74, 6) is 0.876. The molecule has 1 aromatic heterocycles. The number of fused-ring (bicyclic) bond motifs is 1. The van der Waals surface area contributed by atoms with Crippen LogP contribution in [0.25, 0.3) is 22.3 Å². The summed E-state index contributed by atoms with van der Waals surface area (Å²) >= 11 is 0. The van der Waals surface area contributed by atoms with Crippen molar-refractivity contribution in [3.05, 3.63) is 54.1 Å². The van der Waals surface area contributed by atoms with Crippen molar-refractivity contribution < 1.29 is 13.7 Å². The molecule has 1 saturated heterocycles. The highest BCUT2D eigenvalue weighted by Gasteiger charge is 2.51. The summed E-state index contributed by atoms with van der Waals surface area (Å²) in [4.78, 5) is 0. The van der Waals surface area contributed by atoms with Crippen LogP contribution in [0.15, 0.2) is 52.9 Å². The van der Waals surface area contributed by atoms with Crippen molar-refractivity contribution in [1.82, 2.24) is 0 Å². The van der Waals surface area contributed by atoms with Crippen LogP contribution in [0, 0.1) is 6.92 Å². The third kappa shape index (κ3) is 2.80. The average molecular weight is 334 g/mol.